The van der Waals surface area contributed by atoms with E-state index >= 15 is 0 Å². The molecular formula is C30H35N3O5. The number of fused-ring (bicyclic) bond motifs is 1. The summed E-state index contributed by atoms with van der Waals surface area (Å²) < 4.78 is 10.8. The molecule has 0 atom stereocenters. The molecule has 0 bridgehead atoms. The topological polar surface area (TPSA) is 110 Å². The van der Waals surface area contributed by atoms with Crippen LogP contribution in [0.2, 0.25) is 0 Å². The summed E-state index contributed by atoms with van der Waals surface area (Å²) >= 11 is 0. The predicted octanol–water partition coefficient (Wildman–Crippen LogP) is 6.11. The number of nitrogens with one attached hydrogen (secondary N) is 2. The highest BCUT2D eigenvalue weighted by molar-refractivity contribution is 6.17. The van der Waals surface area contributed by atoms with Crippen LogP contribution in [0.25, 0.3) is 10.9 Å². The van der Waals surface area contributed by atoms with Crippen LogP contribution in [0.4, 0.5) is 11.4 Å². The maximum absolute atomic E-state index is 13.1. The minimum atomic E-state index is -1.39. The summed E-state index contributed by atoms with van der Waals surface area (Å²) in [6.45, 7) is 15.1. The zero-order valence-electron chi connectivity index (χ0n) is 23.1. The molecule has 1 aliphatic heterocycles. The van der Waals surface area contributed by atoms with Crippen molar-refractivity contribution in [3.05, 3.63) is 71.2 Å². The SMILES string of the molecule is CC1(C)OC(=O)C(=C(Nc2cc(C(C)(C)C)c(O)c(C(C)(C)C)c2)Nc2cccc3cccnc23)C(=O)O1. The van der Waals surface area contributed by atoms with Crippen LogP contribution >= 0.6 is 0 Å². The molecule has 3 aromatic rings. The van der Waals surface area contributed by atoms with E-state index in [-0.39, 0.29) is 28.0 Å². The molecule has 8 nitrogen and oxygen atoms in total. The molecule has 1 fully saturated rings. The summed E-state index contributed by atoms with van der Waals surface area (Å²) in [5.74, 6) is -2.73. The number of benzene rings is 2. The third-order valence-corrected chi connectivity index (χ3v) is 6.22. The summed E-state index contributed by atoms with van der Waals surface area (Å²) in [5, 5.41) is 18.5. The number of para-hydroxylation sites is 1. The van der Waals surface area contributed by atoms with E-state index in [9.17, 15) is 14.7 Å². The second kappa shape index (κ2) is 9.35. The van der Waals surface area contributed by atoms with Crippen molar-refractivity contribution in [1.29, 1.82) is 0 Å². The Hall–Kier alpha value is -4.07. The number of esters is 2. The molecule has 1 saturated heterocycles. The highest BCUT2D eigenvalue weighted by atomic mass is 16.7. The lowest BCUT2D eigenvalue weighted by molar-refractivity contribution is -0.222. The van der Waals surface area contributed by atoms with Crippen LogP contribution in [-0.4, -0.2) is 27.8 Å². The molecule has 0 unspecified atom stereocenters. The number of nitrogens with zero attached hydrogens (tertiary/aromatic N) is 1. The summed E-state index contributed by atoms with van der Waals surface area (Å²) in [7, 11) is 0. The van der Waals surface area contributed by atoms with Gasteiger partial charge < -0.3 is 25.2 Å². The van der Waals surface area contributed by atoms with Crippen molar-refractivity contribution in [2.75, 3.05) is 10.6 Å². The minimum absolute atomic E-state index is 0.0825. The fraction of sp³-hybridized carbons (Fsp3) is 0.367. The number of phenols is 1. The van der Waals surface area contributed by atoms with Crippen molar-refractivity contribution in [1.82, 2.24) is 4.98 Å². The number of carbonyl (C=O) groups excluding carboxylic acids is 2. The fourth-order valence-corrected chi connectivity index (χ4v) is 4.35. The molecule has 0 aliphatic carbocycles. The van der Waals surface area contributed by atoms with E-state index < -0.39 is 17.7 Å². The summed E-state index contributed by atoms with van der Waals surface area (Å²) in [5.41, 5.74) is 2.19. The third kappa shape index (κ3) is 5.44. The minimum Gasteiger partial charge on any atom is -0.507 e. The average molecular weight is 518 g/mol. The van der Waals surface area contributed by atoms with E-state index in [1.54, 1.807) is 12.3 Å². The third-order valence-electron chi connectivity index (χ3n) is 6.22. The number of hydrogen-bond acceptors (Lipinski definition) is 8. The number of pyridine rings is 1. The molecule has 0 spiro atoms. The first-order valence-electron chi connectivity index (χ1n) is 12.5. The molecule has 2 heterocycles. The van der Waals surface area contributed by atoms with Gasteiger partial charge in [-0.2, -0.15) is 0 Å². The van der Waals surface area contributed by atoms with Crippen LogP contribution in [0, 0.1) is 0 Å². The van der Waals surface area contributed by atoms with E-state index in [0.29, 0.717) is 16.9 Å². The van der Waals surface area contributed by atoms with Crippen LogP contribution in [0.5, 0.6) is 5.75 Å². The van der Waals surface area contributed by atoms with Crippen molar-refractivity contribution in [2.24, 2.45) is 0 Å². The maximum Gasteiger partial charge on any atom is 0.352 e. The van der Waals surface area contributed by atoms with Gasteiger partial charge in [0.25, 0.3) is 5.79 Å². The molecule has 38 heavy (non-hydrogen) atoms. The molecule has 0 saturated carbocycles. The number of aromatic hydroxyl groups is 1. The van der Waals surface area contributed by atoms with E-state index in [1.807, 2.05) is 77.9 Å². The number of phenolic OH excluding ortho intramolecular Hbond substituents is 1. The number of hydrogen-bond donors (Lipinski definition) is 3. The molecule has 8 heteroatoms. The Balaban J connectivity index is 1.91. The molecule has 0 amide bonds. The Labute approximate surface area is 223 Å². The largest absolute Gasteiger partial charge is 0.507 e. The first-order valence-corrected chi connectivity index (χ1v) is 12.5. The van der Waals surface area contributed by atoms with Gasteiger partial charge in [-0.1, -0.05) is 59.7 Å². The zero-order valence-corrected chi connectivity index (χ0v) is 23.1. The second-order valence-corrected chi connectivity index (χ2v) is 12.0. The average Bonchev–Trinajstić information content (AvgIpc) is 2.77. The van der Waals surface area contributed by atoms with Crippen LogP contribution in [0.15, 0.2) is 60.1 Å². The van der Waals surface area contributed by atoms with Crippen LogP contribution in [0.1, 0.15) is 66.5 Å². The number of anilines is 2. The van der Waals surface area contributed by atoms with Gasteiger partial charge in [0, 0.05) is 42.2 Å². The van der Waals surface area contributed by atoms with Crippen molar-refractivity contribution >= 4 is 34.2 Å². The molecule has 2 aromatic carbocycles. The van der Waals surface area contributed by atoms with Gasteiger partial charge in [0.05, 0.1) is 11.2 Å². The van der Waals surface area contributed by atoms with Crippen molar-refractivity contribution in [3.63, 3.8) is 0 Å². The van der Waals surface area contributed by atoms with Gasteiger partial charge in [0.15, 0.2) is 5.57 Å². The normalized spacial score (nSPS) is 15.6. The van der Waals surface area contributed by atoms with Gasteiger partial charge in [0.1, 0.15) is 11.6 Å². The van der Waals surface area contributed by atoms with Crippen LogP contribution in [0.3, 0.4) is 0 Å². The number of aromatic nitrogens is 1. The predicted molar refractivity (Wildman–Crippen MR) is 148 cm³/mol. The molecule has 1 aromatic heterocycles. The number of cyclic esters (lactones) is 2. The Morgan fingerprint density at radius 2 is 1.42 bits per heavy atom. The first-order chi connectivity index (χ1) is 17.6. The quantitative estimate of drug-likeness (QED) is 0.165. The van der Waals surface area contributed by atoms with Gasteiger partial charge in [0.2, 0.25) is 0 Å². The zero-order chi connectivity index (χ0) is 28.0. The lowest BCUT2D eigenvalue weighted by atomic mass is 9.79. The summed E-state index contributed by atoms with van der Waals surface area (Å²) in [4.78, 5) is 30.7. The smallest absolute Gasteiger partial charge is 0.352 e. The highest BCUT2D eigenvalue weighted by Crippen LogP contribution is 2.41. The van der Waals surface area contributed by atoms with Gasteiger partial charge >= 0.3 is 11.9 Å². The molecular weight excluding hydrogens is 482 g/mol. The lowest BCUT2D eigenvalue weighted by Crippen LogP contribution is -2.43. The summed E-state index contributed by atoms with van der Waals surface area (Å²) in [6, 6.07) is 13.0. The van der Waals surface area contributed by atoms with E-state index in [2.05, 4.69) is 15.6 Å². The van der Waals surface area contributed by atoms with Crippen molar-refractivity contribution in [3.8, 4) is 5.75 Å². The fourth-order valence-electron chi connectivity index (χ4n) is 4.35. The van der Waals surface area contributed by atoms with Gasteiger partial charge in [-0.15, -0.1) is 0 Å². The lowest BCUT2D eigenvalue weighted by Gasteiger charge is -2.31. The number of rotatable bonds is 4. The van der Waals surface area contributed by atoms with Gasteiger partial charge in [-0.25, -0.2) is 9.59 Å². The number of ether oxygens (including phenoxy) is 2. The Kier molecular flexibility index (Phi) is 6.64. The van der Waals surface area contributed by atoms with Gasteiger partial charge in [-0.05, 0) is 35.1 Å². The molecule has 1 aliphatic rings. The highest BCUT2D eigenvalue weighted by Gasteiger charge is 2.41. The maximum atomic E-state index is 13.1. The van der Waals surface area contributed by atoms with E-state index in [1.165, 1.54) is 13.8 Å². The first kappa shape index (κ1) is 27.0. The molecule has 0 radical (unpaired) electrons. The Morgan fingerprint density at radius 1 is 0.868 bits per heavy atom. The number of carbonyl (C=O) groups is 2. The molecule has 200 valence electrons. The standard InChI is InChI=1S/C30H35N3O5/c1-28(2,3)19-15-18(16-20(24(19)34)29(4,5)6)32-25(22-26(35)37-30(7,8)38-27(22)36)33-21-13-9-11-17-12-10-14-31-23(17)21/h9-16,32-34H,1-8H3. The van der Waals surface area contributed by atoms with Crippen molar-refractivity contribution < 1.29 is 24.2 Å². The Bertz CT molecular complexity index is 1400. The van der Waals surface area contributed by atoms with Gasteiger partial charge in [-0.3, -0.25) is 4.98 Å². The molecule has 4 rings (SSSR count). The Morgan fingerprint density at radius 3 is 1.97 bits per heavy atom. The van der Waals surface area contributed by atoms with Crippen LogP contribution < -0.4 is 10.6 Å². The second-order valence-electron chi connectivity index (χ2n) is 12.0. The molecule has 3 N–H and O–H groups in total. The van der Waals surface area contributed by atoms with E-state index in [0.717, 1.165) is 16.5 Å². The van der Waals surface area contributed by atoms with Crippen LogP contribution in [-0.2, 0) is 29.9 Å². The summed E-state index contributed by atoms with van der Waals surface area (Å²) in [6.07, 6.45) is 1.67. The monoisotopic (exact) mass is 517 g/mol. The van der Waals surface area contributed by atoms with Crippen molar-refractivity contribution in [2.45, 2.75) is 72.0 Å². The van der Waals surface area contributed by atoms with E-state index in [4.69, 9.17) is 9.47 Å².